The van der Waals surface area contributed by atoms with Crippen molar-refractivity contribution in [1.29, 1.82) is 0 Å². The second-order valence-electron chi connectivity index (χ2n) is 7.53. The number of pyridine rings is 1. The van der Waals surface area contributed by atoms with Crippen molar-refractivity contribution in [1.82, 2.24) is 24.8 Å². The van der Waals surface area contributed by atoms with Gasteiger partial charge in [-0.1, -0.05) is 11.6 Å². The van der Waals surface area contributed by atoms with Crippen LogP contribution >= 0.6 is 11.6 Å². The van der Waals surface area contributed by atoms with E-state index < -0.39 is 0 Å². The minimum absolute atomic E-state index is 0.268. The van der Waals surface area contributed by atoms with Crippen LogP contribution in [0.15, 0.2) is 30.6 Å². The molecule has 0 aliphatic heterocycles. The quantitative estimate of drug-likeness (QED) is 0.535. The van der Waals surface area contributed by atoms with E-state index in [-0.39, 0.29) is 11.9 Å². The molecule has 0 unspecified atom stereocenters. The first-order chi connectivity index (χ1) is 14.0. The molecule has 3 heterocycles. The summed E-state index contributed by atoms with van der Waals surface area (Å²) in [6.07, 6.45) is 7.55. The van der Waals surface area contributed by atoms with Gasteiger partial charge in [0.15, 0.2) is 0 Å². The Morgan fingerprint density at radius 1 is 1.34 bits per heavy atom. The van der Waals surface area contributed by atoms with Crippen LogP contribution in [0, 0.1) is 0 Å². The number of nitrogens with one attached hydrogen (secondary N) is 2. The average molecular weight is 414 g/mol. The zero-order valence-electron chi connectivity index (χ0n) is 16.2. The van der Waals surface area contributed by atoms with Crippen molar-refractivity contribution in [2.45, 2.75) is 37.8 Å². The van der Waals surface area contributed by atoms with Crippen LogP contribution in [-0.2, 0) is 4.79 Å². The molecule has 0 atom stereocenters. The number of rotatable bonds is 6. The topological polar surface area (TPSA) is 113 Å². The van der Waals surface area contributed by atoms with Gasteiger partial charge in [-0.2, -0.15) is 0 Å². The lowest BCUT2D eigenvalue weighted by Crippen LogP contribution is -2.42. The van der Waals surface area contributed by atoms with Gasteiger partial charge in [-0.05, 0) is 44.9 Å². The van der Waals surface area contributed by atoms with Gasteiger partial charge in [0.2, 0.25) is 11.9 Å². The summed E-state index contributed by atoms with van der Waals surface area (Å²) >= 11 is 6.28. The predicted octanol–water partition coefficient (Wildman–Crippen LogP) is 2.81. The van der Waals surface area contributed by atoms with E-state index in [0.717, 1.165) is 48.0 Å². The van der Waals surface area contributed by atoms with Gasteiger partial charge >= 0.3 is 0 Å². The molecule has 1 aliphatic carbocycles. The highest BCUT2D eigenvalue weighted by Gasteiger charge is 2.25. The van der Waals surface area contributed by atoms with Crippen molar-refractivity contribution in [3.63, 3.8) is 0 Å². The average Bonchev–Trinajstić information content (AvgIpc) is 3.12. The lowest BCUT2D eigenvalue weighted by molar-refractivity contribution is -0.119. The van der Waals surface area contributed by atoms with Crippen molar-refractivity contribution in [3.8, 4) is 11.3 Å². The molecule has 8 nitrogen and oxygen atoms in total. The summed E-state index contributed by atoms with van der Waals surface area (Å²) in [5.41, 5.74) is 7.81. The van der Waals surface area contributed by atoms with Crippen molar-refractivity contribution in [2.75, 3.05) is 18.9 Å². The first-order valence-corrected chi connectivity index (χ1v) is 10.1. The van der Waals surface area contributed by atoms with Crippen molar-refractivity contribution >= 4 is 34.5 Å². The third kappa shape index (κ3) is 4.49. The fourth-order valence-electron chi connectivity index (χ4n) is 4.01. The molecule has 4 rings (SSSR count). The molecule has 1 amide bonds. The van der Waals surface area contributed by atoms with E-state index in [4.69, 9.17) is 17.3 Å². The molecule has 0 spiro atoms. The van der Waals surface area contributed by atoms with Crippen LogP contribution in [0.4, 0.5) is 5.95 Å². The molecule has 4 N–H and O–H groups in total. The van der Waals surface area contributed by atoms with Crippen LogP contribution in [0.2, 0.25) is 5.15 Å². The van der Waals surface area contributed by atoms with E-state index in [1.165, 1.54) is 0 Å². The maximum atomic E-state index is 11.1. The largest absolute Gasteiger partial charge is 0.369 e. The third-order valence-corrected chi connectivity index (χ3v) is 5.67. The van der Waals surface area contributed by atoms with E-state index in [1.807, 2.05) is 30.3 Å². The summed E-state index contributed by atoms with van der Waals surface area (Å²) in [5.74, 6) is 0.236. The van der Waals surface area contributed by atoms with Crippen LogP contribution in [0.25, 0.3) is 22.3 Å². The Kier molecular flexibility index (Phi) is 5.64. The lowest BCUT2D eigenvalue weighted by atomic mass is 9.90. The summed E-state index contributed by atoms with van der Waals surface area (Å²) < 4.78 is 0. The van der Waals surface area contributed by atoms with Gasteiger partial charge in [0.25, 0.3) is 0 Å². The molecule has 1 aliphatic rings. The number of likely N-dealkylation sites (N-methyl/N-ethyl adjacent to an activating group) is 1. The van der Waals surface area contributed by atoms with E-state index in [0.29, 0.717) is 23.7 Å². The zero-order chi connectivity index (χ0) is 20.4. The van der Waals surface area contributed by atoms with Crippen LogP contribution in [-0.4, -0.2) is 56.4 Å². The van der Waals surface area contributed by atoms with E-state index in [1.54, 1.807) is 12.3 Å². The highest BCUT2D eigenvalue weighted by Crippen LogP contribution is 2.29. The van der Waals surface area contributed by atoms with E-state index >= 15 is 0 Å². The van der Waals surface area contributed by atoms with Gasteiger partial charge in [-0.25, -0.2) is 15.0 Å². The van der Waals surface area contributed by atoms with Crippen LogP contribution < -0.4 is 11.1 Å². The van der Waals surface area contributed by atoms with Gasteiger partial charge in [0.05, 0.1) is 12.2 Å². The monoisotopic (exact) mass is 413 g/mol. The number of aromatic nitrogens is 4. The Morgan fingerprint density at radius 2 is 2.14 bits per heavy atom. The van der Waals surface area contributed by atoms with Crippen molar-refractivity contribution in [2.24, 2.45) is 5.73 Å². The molecule has 0 aromatic carbocycles. The first kappa shape index (κ1) is 19.6. The number of carbonyl (C=O) groups is 1. The highest BCUT2D eigenvalue weighted by molar-refractivity contribution is 6.29. The fraction of sp³-hybridized carbons (Fsp3) is 0.400. The number of halogens is 1. The Balaban J connectivity index is 1.46. The molecule has 3 aromatic rings. The van der Waals surface area contributed by atoms with Gasteiger partial charge in [-0.3, -0.25) is 9.69 Å². The van der Waals surface area contributed by atoms with E-state index in [2.05, 4.69) is 25.3 Å². The standard InChI is InChI=1S/C20H24ClN7O/c1-28(11-18(22)29)13-6-4-12(5-7-13)25-20-26-16(9-17(21)27-20)15-10-24-19-14(15)3-2-8-23-19/h2-3,8-10,12-13H,4-7,11H2,1H3,(H2,22,29)(H,23,24)(H,25,26,27). The third-order valence-electron chi connectivity index (χ3n) is 5.48. The molecule has 9 heteroatoms. The number of anilines is 1. The smallest absolute Gasteiger partial charge is 0.231 e. The minimum atomic E-state index is -0.292. The number of carbonyl (C=O) groups excluding carboxylic acids is 1. The molecule has 1 saturated carbocycles. The Hall–Kier alpha value is -2.71. The number of amides is 1. The molecule has 3 aromatic heterocycles. The molecule has 152 valence electrons. The summed E-state index contributed by atoms with van der Waals surface area (Å²) in [5, 5.41) is 4.82. The number of nitrogens with zero attached hydrogens (tertiary/aromatic N) is 4. The minimum Gasteiger partial charge on any atom is -0.369 e. The Labute approximate surface area is 173 Å². The summed E-state index contributed by atoms with van der Waals surface area (Å²) in [4.78, 5) is 29.7. The number of hydrogen-bond donors (Lipinski definition) is 3. The molecule has 0 radical (unpaired) electrons. The molecule has 0 saturated heterocycles. The Morgan fingerprint density at radius 3 is 2.90 bits per heavy atom. The van der Waals surface area contributed by atoms with Crippen LogP contribution in [0.3, 0.4) is 0 Å². The molecule has 0 bridgehead atoms. The number of H-pyrrole nitrogens is 1. The van der Waals surface area contributed by atoms with Crippen molar-refractivity contribution < 1.29 is 4.79 Å². The van der Waals surface area contributed by atoms with Crippen molar-refractivity contribution in [3.05, 3.63) is 35.7 Å². The van der Waals surface area contributed by atoms with Crippen LogP contribution in [0.1, 0.15) is 25.7 Å². The molecular weight excluding hydrogens is 390 g/mol. The summed E-state index contributed by atoms with van der Waals surface area (Å²) in [6, 6.07) is 6.30. The number of aromatic amines is 1. The van der Waals surface area contributed by atoms with Crippen LogP contribution in [0.5, 0.6) is 0 Å². The second kappa shape index (κ2) is 8.34. The molecule has 1 fully saturated rings. The SMILES string of the molecule is CN(CC(N)=O)C1CCC(Nc2nc(Cl)cc(-c3c[nH]c4ncccc34)n2)CC1. The lowest BCUT2D eigenvalue weighted by Gasteiger charge is -2.34. The van der Waals surface area contributed by atoms with Gasteiger partial charge in [-0.15, -0.1) is 0 Å². The zero-order valence-corrected chi connectivity index (χ0v) is 17.0. The van der Waals surface area contributed by atoms with Gasteiger partial charge in [0, 0.05) is 41.5 Å². The Bertz CT molecular complexity index is 1010. The number of hydrogen-bond acceptors (Lipinski definition) is 6. The first-order valence-electron chi connectivity index (χ1n) is 9.71. The summed E-state index contributed by atoms with van der Waals surface area (Å²) in [7, 11) is 1.95. The highest BCUT2D eigenvalue weighted by atomic mass is 35.5. The maximum Gasteiger partial charge on any atom is 0.231 e. The van der Waals surface area contributed by atoms with Gasteiger partial charge in [0.1, 0.15) is 10.8 Å². The number of fused-ring (bicyclic) bond motifs is 1. The summed E-state index contributed by atoms with van der Waals surface area (Å²) in [6.45, 7) is 0.295. The molecular formula is C20H24ClN7O. The number of nitrogens with two attached hydrogens (primary N) is 1. The number of primary amides is 1. The normalized spacial score (nSPS) is 19.6. The second-order valence-corrected chi connectivity index (χ2v) is 7.92. The van der Waals surface area contributed by atoms with E-state index in [9.17, 15) is 4.79 Å². The molecule has 29 heavy (non-hydrogen) atoms. The maximum absolute atomic E-state index is 11.1. The predicted molar refractivity (Wildman–Crippen MR) is 114 cm³/mol. The van der Waals surface area contributed by atoms with Gasteiger partial charge < -0.3 is 16.0 Å². The fourth-order valence-corrected chi connectivity index (χ4v) is 4.19.